The summed E-state index contributed by atoms with van der Waals surface area (Å²) < 4.78 is 27.3. The number of aryl methyl sites for hydroxylation is 1. The van der Waals surface area contributed by atoms with E-state index in [4.69, 9.17) is 20.5 Å². The van der Waals surface area contributed by atoms with Crippen molar-refractivity contribution in [1.29, 1.82) is 0 Å². The fourth-order valence-electron chi connectivity index (χ4n) is 3.17. The molecule has 0 spiro atoms. The molecule has 2 N–H and O–H groups in total. The van der Waals surface area contributed by atoms with Gasteiger partial charge in [0, 0.05) is 30.9 Å². The summed E-state index contributed by atoms with van der Waals surface area (Å²) in [6.45, 7) is 0.707. The third-order valence-corrected chi connectivity index (χ3v) is 7.71. The van der Waals surface area contributed by atoms with Gasteiger partial charge in [-0.1, -0.05) is 30.3 Å². The van der Waals surface area contributed by atoms with Crippen molar-refractivity contribution < 1.29 is 13.8 Å². The zero-order valence-corrected chi connectivity index (χ0v) is 18.7. The van der Waals surface area contributed by atoms with Gasteiger partial charge in [0.25, 0.3) is 5.56 Å². The second kappa shape index (κ2) is 9.60. The Morgan fingerprint density at radius 1 is 1.33 bits per heavy atom. The molecule has 1 aliphatic rings. The molecule has 0 radical (unpaired) electrons. The van der Waals surface area contributed by atoms with Gasteiger partial charge in [0.05, 0.1) is 12.7 Å². The van der Waals surface area contributed by atoms with Gasteiger partial charge in [-0.25, -0.2) is 9.46 Å². The number of aromatic amines is 1. The number of ether oxygens (including phenoxy) is 1. The number of hydrogen-bond donors (Lipinski definition) is 2. The van der Waals surface area contributed by atoms with E-state index in [2.05, 4.69) is 10.3 Å². The van der Waals surface area contributed by atoms with E-state index in [0.717, 1.165) is 5.56 Å². The summed E-state index contributed by atoms with van der Waals surface area (Å²) in [6.07, 6.45) is 0.347. The highest BCUT2D eigenvalue weighted by molar-refractivity contribution is 7.83. The summed E-state index contributed by atoms with van der Waals surface area (Å²) in [7, 11) is 1.65. The summed E-state index contributed by atoms with van der Waals surface area (Å²) >= 11 is 6.26. The topological polar surface area (TPSA) is 106 Å². The second-order valence-corrected chi connectivity index (χ2v) is 10.3. The third-order valence-electron chi connectivity index (χ3n) is 5.14. The van der Waals surface area contributed by atoms with Gasteiger partial charge in [-0.2, -0.15) is 0 Å². The van der Waals surface area contributed by atoms with Crippen LogP contribution < -0.4 is 16.6 Å². The maximum Gasteiger partial charge on any atom is 0.363 e. The van der Waals surface area contributed by atoms with Crippen LogP contribution in [0.5, 0.6) is 0 Å². The molecule has 1 aromatic heterocycles. The lowest BCUT2D eigenvalue weighted by molar-refractivity contribution is -0.0934. The molecule has 0 amide bonds. The first-order valence-corrected chi connectivity index (χ1v) is 12.1. The molecule has 1 aromatic carbocycles. The quantitative estimate of drug-likeness (QED) is 0.616. The Hall–Kier alpha value is -1.74. The van der Waals surface area contributed by atoms with Gasteiger partial charge in [0.1, 0.15) is 0 Å². The lowest BCUT2D eigenvalue weighted by Gasteiger charge is -2.33. The Morgan fingerprint density at radius 2 is 2.03 bits per heavy atom. The van der Waals surface area contributed by atoms with E-state index in [9.17, 15) is 14.2 Å². The number of nitrogens with zero attached hydrogens (tertiary/aromatic N) is 2. The Bertz CT molecular complexity index is 1030. The van der Waals surface area contributed by atoms with Crippen LogP contribution in [0.3, 0.4) is 0 Å². The molecule has 0 saturated carbocycles. The molecule has 3 rings (SSSR count). The summed E-state index contributed by atoms with van der Waals surface area (Å²) in [5, 5.41) is 3.16. The fraction of sp³-hybridized carbons (Fsp3) is 0.474. The maximum absolute atomic E-state index is 13.0. The summed E-state index contributed by atoms with van der Waals surface area (Å²) in [4.78, 5) is 25.9. The SMILES string of the molecule is Cc1cn(C2CNCC(COP(=O)(Cl)N(C)C(C)c3ccccc3)O2)c(=O)[nH]c1=O. The minimum Gasteiger partial charge on any atom is -0.350 e. The van der Waals surface area contributed by atoms with Crippen LogP contribution in [0.2, 0.25) is 0 Å². The predicted octanol–water partition coefficient (Wildman–Crippen LogP) is 2.39. The molecule has 1 saturated heterocycles. The first-order chi connectivity index (χ1) is 14.2. The normalized spacial score (nSPS) is 22.6. The minimum atomic E-state index is -3.61. The first kappa shape index (κ1) is 22.9. The van der Waals surface area contributed by atoms with Crippen LogP contribution in [0.1, 0.15) is 30.3 Å². The molecule has 1 aliphatic heterocycles. The summed E-state index contributed by atoms with van der Waals surface area (Å²) in [6, 6.07) is 9.37. The molecule has 4 unspecified atom stereocenters. The number of aromatic nitrogens is 2. The zero-order valence-electron chi connectivity index (χ0n) is 17.1. The van der Waals surface area contributed by atoms with E-state index in [0.29, 0.717) is 18.7 Å². The molecule has 4 atom stereocenters. The van der Waals surface area contributed by atoms with Gasteiger partial charge in [-0.05, 0) is 37.7 Å². The second-order valence-electron chi connectivity index (χ2n) is 7.26. The van der Waals surface area contributed by atoms with Crippen molar-refractivity contribution in [2.75, 3.05) is 26.7 Å². The summed E-state index contributed by atoms with van der Waals surface area (Å²) in [5.41, 5.74) is 0.378. The van der Waals surface area contributed by atoms with Gasteiger partial charge in [0.2, 0.25) is 0 Å². The Morgan fingerprint density at radius 3 is 2.73 bits per heavy atom. The molecule has 2 heterocycles. The maximum atomic E-state index is 13.0. The van der Waals surface area contributed by atoms with Gasteiger partial charge >= 0.3 is 12.6 Å². The number of H-pyrrole nitrogens is 1. The highest BCUT2D eigenvalue weighted by Gasteiger charge is 2.33. The van der Waals surface area contributed by atoms with E-state index in [1.54, 1.807) is 14.0 Å². The Labute approximate surface area is 179 Å². The van der Waals surface area contributed by atoms with Crippen molar-refractivity contribution in [3.8, 4) is 0 Å². The number of rotatable bonds is 7. The molecular formula is C19H26ClN4O5P. The van der Waals surface area contributed by atoms with Gasteiger partial charge < -0.3 is 14.6 Å². The zero-order chi connectivity index (χ0) is 21.9. The largest absolute Gasteiger partial charge is 0.363 e. The lowest BCUT2D eigenvalue weighted by Crippen LogP contribution is -2.47. The van der Waals surface area contributed by atoms with Crippen LogP contribution >= 0.6 is 18.1 Å². The van der Waals surface area contributed by atoms with Gasteiger partial charge in [-0.15, -0.1) is 0 Å². The van der Waals surface area contributed by atoms with Crippen molar-refractivity contribution in [3.63, 3.8) is 0 Å². The average Bonchev–Trinajstić information content (AvgIpc) is 2.74. The van der Waals surface area contributed by atoms with Crippen LogP contribution in [0.4, 0.5) is 0 Å². The molecule has 11 heteroatoms. The van der Waals surface area contributed by atoms with Gasteiger partial charge in [-0.3, -0.25) is 18.9 Å². The number of nitrogens with one attached hydrogen (secondary N) is 2. The third kappa shape index (κ3) is 5.29. The van der Waals surface area contributed by atoms with Crippen LogP contribution in [-0.2, 0) is 13.8 Å². The number of benzene rings is 1. The molecule has 9 nitrogen and oxygen atoms in total. The molecule has 1 fully saturated rings. The standard InChI is InChI=1S/C19H26ClN4O5P/c1-13-11-24(19(26)22-18(13)25)17-10-21-9-16(29-17)12-28-30(20,27)23(3)14(2)15-7-5-4-6-8-15/h4-8,11,14,16-17,21H,9-10,12H2,1-3H3,(H,22,25,26). The lowest BCUT2D eigenvalue weighted by atomic mass is 10.1. The van der Waals surface area contributed by atoms with E-state index in [1.165, 1.54) is 15.4 Å². The molecular weight excluding hydrogens is 431 g/mol. The number of hydrogen-bond acceptors (Lipinski definition) is 6. The predicted molar refractivity (Wildman–Crippen MR) is 115 cm³/mol. The monoisotopic (exact) mass is 456 g/mol. The molecule has 30 heavy (non-hydrogen) atoms. The molecule has 164 valence electrons. The molecule has 0 bridgehead atoms. The van der Waals surface area contributed by atoms with Crippen LogP contribution in [-0.4, -0.2) is 47.1 Å². The average molecular weight is 457 g/mol. The Kier molecular flexibility index (Phi) is 7.34. The summed E-state index contributed by atoms with van der Waals surface area (Å²) in [5.74, 6) is 0. The van der Waals surface area contributed by atoms with Crippen molar-refractivity contribution in [3.05, 3.63) is 68.5 Å². The fourth-order valence-corrected chi connectivity index (χ4v) is 4.81. The molecule has 2 aromatic rings. The first-order valence-electron chi connectivity index (χ1n) is 9.60. The Balaban J connectivity index is 1.63. The van der Waals surface area contributed by atoms with Crippen LogP contribution in [0, 0.1) is 6.92 Å². The highest BCUT2D eigenvalue weighted by atomic mass is 35.7. The highest BCUT2D eigenvalue weighted by Crippen LogP contribution is 2.58. The van der Waals surface area contributed by atoms with Crippen molar-refractivity contribution >= 4 is 18.1 Å². The number of morpholine rings is 1. The number of halogens is 1. The van der Waals surface area contributed by atoms with Crippen molar-refractivity contribution in [2.45, 2.75) is 32.2 Å². The van der Waals surface area contributed by atoms with E-state index >= 15 is 0 Å². The molecule has 0 aliphatic carbocycles. The minimum absolute atomic E-state index is 0.0206. The van der Waals surface area contributed by atoms with Crippen LogP contribution in [0.25, 0.3) is 0 Å². The van der Waals surface area contributed by atoms with Gasteiger partial charge in [0.15, 0.2) is 6.23 Å². The van der Waals surface area contributed by atoms with Crippen molar-refractivity contribution in [2.24, 2.45) is 0 Å². The van der Waals surface area contributed by atoms with E-state index in [1.807, 2.05) is 37.3 Å². The smallest absolute Gasteiger partial charge is 0.350 e. The van der Waals surface area contributed by atoms with Crippen molar-refractivity contribution in [1.82, 2.24) is 19.5 Å². The van der Waals surface area contributed by atoms with E-state index in [-0.39, 0.29) is 12.6 Å². The van der Waals surface area contributed by atoms with Crippen LogP contribution in [0.15, 0.2) is 46.1 Å². The van der Waals surface area contributed by atoms with E-state index < -0.39 is 30.5 Å².